The van der Waals surface area contributed by atoms with Crippen molar-refractivity contribution in [1.82, 2.24) is 0 Å². The first kappa shape index (κ1) is 19.7. The van der Waals surface area contributed by atoms with Crippen molar-refractivity contribution in [2.24, 2.45) is 0 Å². The van der Waals surface area contributed by atoms with Crippen LogP contribution in [0.2, 0.25) is 0 Å². The number of hydrogen-bond donors (Lipinski definition) is 0. The van der Waals surface area contributed by atoms with E-state index in [2.05, 4.69) is 19.1 Å². The van der Waals surface area contributed by atoms with Gasteiger partial charge in [0.25, 0.3) is 0 Å². The minimum Gasteiger partial charge on any atom is -0.378 e. The summed E-state index contributed by atoms with van der Waals surface area (Å²) in [6, 6.07) is 0. The third kappa shape index (κ3) is 17.7. The molecule has 0 aromatic carbocycles. The molecule has 0 unspecified atom stereocenters. The van der Waals surface area contributed by atoms with E-state index in [4.69, 9.17) is 4.74 Å². The molecule has 1 heteroatoms. The Morgan fingerprint density at radius 2 is 1.10 bits per heavy atom. The zero-order valence-electron chi connectivity index (χ0n) is 14.2. The van der Waals surface area contributed by atoms with Crippen molar-refractivity contribution in [3.05, 3.63) is 12.2 Å². The van der Waals surface area contributed by atoms with Crippen LogP contribution in [0.5, 0.6) is 0 Å². The predicted octanol–water partition coefficient (Wildman–Crippen LogP) is 6.67. The molecule has 0 spiro atoms. The second-order valence-electron chi connectivity index (χ2n) is 5.81. The standard InChI is InChI=1S/C19H38O/c1-3-5-6-7-8-9-10-11-12-13-14-15-16-17-18-19-20-4-2/h17-18H,3-16,19H2,1-2H3. The van der Waals surface area contributed by atoms with E-state index >= 15 is 0 Å². The Balaban J connectivity index is 2.97. The maximum absolute atomic E-state index is 5.26. The fraction of sp³-hybridized carbons (Fsp3) is 0.895. The van der Waals surface area contributed by atoms with Crippen molar-refractivity contribution >= 4 is 0 Å². The Labute approximate surface area is 128 Å². The van der Waals surface area contributed by atoms with Crippen LogP contribution in [0.1, 0.15) is 97.3 Å². The van der Waals surface area contributed by atoms with Crippen LogP contribution in [0.4, 0.5) is 0 Å². The van der Waals surface area contributed by atoms with Crippen LogP contribution in [-0.2, 0) is 4.74 Å². The molecule has 1 nitrogen and oxygen atoms in total. The molecule has 120 valence electrons. The Kier molecular flexibility index (Phi) is 18.4. The smallest absolute Gasteiger partial charge is 0.0647 e. The number of unbranched alkanes of at least 4 members (excludes halogenated alkanes) is 12. The zero-order valence-corrected chi connectivity index (χ0v) is 14.2. The van der Waals surface area contributed by atoms with Crippen molar-refractivity contribution in [3.8, 4) is 0 Å². The average molecular weight is 283 g/mol. The van der Waals surface area contributed by atoms with Crippen LogP contribution < -0.4 is 0 Å². The molecule has 0 aliphatic rings. The van der Waals surface area contributed by atoms with E-state index < -0.39 is 0 Å². The first-order chi connectivity index (χ1) is 9.91. The summed E-state index contributed by atoms with van der Waals surface area (Å²) in [7, 11) is 0. The van der Waals surface area contributed by atoms with E-state index in [1.807, 2.05) is 6.92 Å². The molecule has 0 rings (SSSR count). The van der Waals surface area contributed by atoms with E-state index in [1.165, 1.54) is 83.5 Å². The van der Waals surface area contributed by atoms with Crippen molar-refractivity contribution in [1.29, 1.82) is 0 Å². The van der Waals surface area contributed by atoms with E-state index in [0.717, 1.165) is 13.2 Å². The monoisotopic (exact) mass is 282 g/mol. The minimum absolute atomic E-state index is 0.786. The van der Waals surface area contributed by atoms with Gasteiger partial charge >= 0.3 is 0 Å². The SMILES string of the molecule is CCCCCCCCCCCCCCC=CCOCC. The van der Waals surface area contributed by atoms with Crippen LogP contribution in [0.3, 0.4) is 0 Å². The van der Waals surface area contributed by atoms with Crippen LogP contribution >= 0.6 is 0 Å². The van der Waals surface area contributed by atoms with Gasteiger partial charge in [-0.1, -0.05) is 89.7 Å². The molecule has 0 aromatic heterocycles. The molecule has 0 fully saturated rings. The van der Waals surface area contributed by atoms with Gasteiger partial charge in [-0.25, -0.2) is 0 Å². The summed E-state index contributed by atoms with van der Waals surface area (Å²) >= 11 is 0. The molecule has 0 heterocycles. The quantitative estimate of drug-likeness (QED) is 0.227. The third-order valence-electron chi connectivity index (χ3n) is 3.81. The Morgan fingerprint density at radius 3 is 1.60 bits per heavy atom. The van der Waals surface area contributed by atoms with Gasteiger partial charge in [0.2, 0.25) is 0 Å². The lowest BCUT2D eigenvalue weighted by Gasteiger charge is -2.02. The Morgan fingerprint density at radius 1 is 0.600 bits per heavy atom. The van der Waals surface area contributed by atoms with E-state index in [9.17, 15) is 0 Å². The lowest BCUT2D eigenvalue weighted by Crippen LogP contribution is -1.87. The summed E-state index contributed by atoms with van der Waals surface area (Å²) in [6.07, 6.45) is 22.8. The van der Waals surface area contributed by atoms with Crippen molar-refractivity contribution in [2.45, 2.75) is 97.3 Å². The molecular weight excluding hydrogens is 244 g/mol. The van der Waals surface area contributed by atoms with E-state index in [1.54, 1.807) is 0 Å². The van der Waals surface area contributed by atoms with Crippen LogP contribution in [0, 0.1) is 0 Å². The molecule has 0 radical (unpaired) electrons. The maximum Gasteiger partial charge on any atom is 0.0647 e. The summed E-state index contributed by atoms with van der Waals surface area (Å²) in [5, 5.41) is 0. The van der Waals surface area contributed by atoms with Gasteiger partial charge in [0.1, 0.15) is 0 Å². The first-order valence-corrected chi connectivity index (χ1v) is 9.14. The van der Waals surface area contributed by atoms with Crippen LogP contribution in [0.15, 0.2) is 12.2 Å². The van der Waals surface area contributed by atoms with E-state index in [0.29, 0.717) is 0 Å². The summed E-state index contributed by atoms with van der Waals surface area (Å²) in [4.78, 5) is 0. The van der Waals surface area contributed by atoms with Crippen molar-refractivity contribution in [2.75, 3.05) is 13.2 Å². The summed E-state index contributed by atoms with van der Waals surface area (Å²) in [5.74, 6) is 0. The molecule has 0 amide bonds. The lowest BCUT2D eigenvalue weighted by molar-refractivity contribution is 0.177. The number of ether oxygens (including phenoxy) is 1. The van der Waals surface area contributed by atoms with Gasteiger partial charge in [0.15, 0.2) is 0 Å². The first-order valence-electron chi connectivity index (χ1n) is 9.14. The molecule has 0 bridgehead atoms. The second kappa shape index (κ2) is 18.7. The number of allylic oxidation sites excluding steroid dienone is 1. The molecule has 0 aliphatic heterocycles. The summed E-state index contributed by atoms with van der Waals surface area (Å²) < 4.78 is 5.26. The van der Waals surface area contributed by atoms with Gasteiger partial charge in [-0.05, 0) is 19.8 Å². The second-order valence-corrected chi connectivity index (χ2v) is 5.81. The largest absolute Gasteiger partial charge is 0.378 e. The van der Waals surface area contributed by atoms with Gasteiger partial charge in [0.05, 0.1) is 6.61 Å². The normalized spacial score (nSPS) is 11.5. The Bertz CT molecular complexity index is 186. The van der Waals surface area contributed by atoms with Crippen molar-refractivity contribution in [3.63, 3.8) is 0 Å². The highest BCUT2D eigenvalue weighted by atomic mass is 16.5. The summed E-state index contributed by atoms with van der Waals surface area (Å²) in [5.41, 5.74) is 0. The summed E-state index contributed by atoms with van der Waals surface area (Å²) in [6.45, 7) is 5.94. The molecule has 0 saturated carbocycles. The highest BCUT2D eigenvalue weighted by Crippen LogP contribution is 2.12. The van der Waals surface area contributed by atoms with Gasteiger partial charge in [-0.3, -0.25) is 0 Å². The Hall–Kier alpha value is -0.300. The highest BCUT2D eigenvalue weighted by molar-refractivity contribution is 4.81. The third-order valence-corrected chi connectivity index (χ3v) is 3.81. The number of hydrogen-bond acceptors (Lipinski definition) is 1. The molecule has 20 heavy (non-hydrogen) atoms. The predicted molar refractivity (Wildman–Crippen MR) is 91.3 cm³/mol. The van der Waals surface area contributed by atoms with Gasteiger partial charge in [-0.15, -0.1) is 0 Å². The van der Waals surface area contributed by atoms with Gasteiger partial charge < -0.3 is 4.74 Å². The maximum atomic E-state index is 5.26. The molecular formula is C19H38O. The van der Waals surface area contributed by atoms with Crippen LogP contribution in [0.25, 0.3) is 0 Å². The van der Waals surface area contributed by atoms with Crippen molar-refractivity contribution < 1.29 is 4.74 Å². The fourth-order valence-corrected chi connectivity index (χ4v) is 2.47. The topological polar surface area (TPSA) is 9.23 Å². The highest BCUT2D eigenvalue weighted by Gasteiger charge is 1.92. The molecule has 0 N–H and O–H groups in total. The minimum atomic E-state index is 0.786. The zero-order chi connectivity index (χ0) is 14.7. The molecule has 0 aliphatic carbocycles. The van der Waals surface area contributed by atoms with E-state index in [-0.39, 0.29) is 0 Å². The molecule has 0 aromatic rings. The average Bonchev–Trinajstić information content (AvgIpc) is 2.47. The van der Waals surface area contributed by atoms with Gasteiger partial charge in [0, 0.05) is 6.61 Å². The van der Waals surface area contributed by atoms with Gasteiger partial charge in [-0.2, -0.15) is 0 Å². The lowest BCUT2D eigenvalue weighted by atomic mass is 10.0. The number of rotatable bonds is 16. The fourth-order valence-electron chi connectivity index (χ4n) is 2.47. The molecule has 0 atom stereocenters. The molecule has 0 saturated heterocycles. The van der Waals surface area contributed by atoms with Crippen LogP contribution in [-0.4, -0.2) is 13.2 Å².